The molecule has 0 unspecified atom stereocenters. The first-order valence-electron chi connectivity index (χ1n) is 18.7. The van der Waals surface area contributed by atoms with Crippen molar-refractivity contribution in [3.05, 3.63) is 194 Å². The lowest BCUT2D eigenvalue weighted by atomic mass is 9.84. The third-order valence-electron chi connectivity index (χ3n) is 10.9. The van der Waals surface area contributed by atoms with Gasteiger partial charge in [-0.3, -0.25) is 0 Å². The predicted molar refractivity (Wildman–Crippen MR) is 229 cm³/mol. The van der Waals surface area contributed by atoms with Crippen LogP contribution in [0.5, 0.6) is 0 Å². The monoisotopic (exact) mass is 700 g/mol. The topological polar surface area (TPSA) is 38.9 Å². The number of furan rings is 1. The fraction of sp³-hybridized carbons (Fsp3) is 0. The largest absolute Gasteiger partial charge is 0.456 e. The van der Waals surface area contributed by atoms with Crippen LogP contribution in [-0.2, 0) is 0 Å². The first-order valence-corrected chi connectivity index (χ1v) is 18.7. The molecule has 2 heterocycles. The molecule has 0 bridgehead atoms. The smallest absolute Gasteiger partial charge is 0.160 e. The summed E-state index contributed by atoms with van der Waals surface area (Å²) in [5.41, 5.74) is 11.3. The van der Waals surface area contributed by atoms with E-state index < -0.39 is 0 Å². The molecule has 11 aromatic rings. The van der Waals surface area contributed by atoms with Gasteiger partial charge >= 0.3 is 0 Å². The van der Waals surface area contributed by atoms with E-state index in [1.54, 1.807) is 0 Å². The van der Waals surface area contributed by atoms with Gasteiger partial charge in [0.15, 0.2) is 5.82 Å². The summed E-state index contributed by atoms with van der Waals surface area (Å²) in [5.74, 6) is 0.683. The molecular weight excluding hydrogens is 669 g/mol. The van der Waals surface area contributed by atoms with Crippen LogP contribution in [0.3, 0.4) is 0 Å². The van der Waals surface area contributed by atoms with Gasteiger partial charge in [0.25, 0.3) is 0 Å². The predicted octanol–water partition coefficient (Wildman–Crippen LogP) is 14.2. The molecular formula is C52H32N2O. The Kier molecular flexibility index (Phi) is 7.17. The van der Waals surface area contributed by atoms with Crippen molar-refractivity contribution in [3.8, 4) is 56.2 Å². The zero-order valence-electron chi connectivity index (χ0n) is 29.8. The van der Waals surface area contributed by atoms with E-state index in [0.29, 0.717) is 5.82 Å². The quantitative estimate of drug-likeness (QED) is 0.133. The molecule has 2 aromatic heterocycles. The second-order valence-corrected chi connectivity index (χ2v) is 14.1. The zero-order chi connectivity index (χ0) is 36.3. The van der Waals surface area contributed by atoms with Gasteiger partial charge in [-0.25, -0.2) is 9.97 Å². The number of hydrogen-bond acceptors (Lipinski definition) is 3. The second kappa shape index (κ2) is 12.6. The van der Waals surface area contributed by atoms with E-state index >= 15 is 0 Å². The number of aromatic nitrogens is 2. The summed E-state index contributed by atoms with van der Waals surface area (Å²) in [7, 11) is 0. The Morgan fingerprint density at radius 2 is 0.909 bits per heavy atom. The average molecular weight is 701 g/mol. The lowest BCUT2D eigenvalue weighted by Crippen LogP contribution is -1.96. The molecule has 0 amide bonds. The van der Waals surface area contributed by atoms with Crippen molar-refractivity contribution in [2.45, 2.75) is 0 Å². The molecule has 3 heteroatoms. The maximum atomic E-state index is 6.27. The van der Waals surface area contributed by atoms with E-state index in [2.05, 4.69) is 152 Å². The van der Waals surface area contributed by atoms with Crippen molar-refractivity contribution >= 4 is 54.3 Å². The van der Waals surface area contributed by atoms with Crippen molar-refractivity contribution in [3.63, 3.8) is 0 Å². The maximum absolute atomic E-state index is 6.27. The van der Waals surface area contributed by atoms with Crippen molar-refractivity contribution < 1.29 is 4.42 Å². The number of rotatable bonds is 5. The second-order valence-electron chi connectivity index (χ2n) is 14.1. The van der Waals surface area contributed by atoms with Crippen molar-refractivity contribution in [2.24, 2.45) is 0 Å². The highest BCUT2D eigenvalue weighted by Gasteiger charge is 2.20. The van der Waals surface area contributed by atoms with Gasteiger partial charge in [0.05, 0.1) is 11.4 Å². The highest BCUT2D eigenvalue weighted by molar-refractivity contribution is 6.28. The molecule has 256 valence electrons. The van der Waals surface area contributed by atoms with Crippen LogP contribution in [0.2, 0.25) is 0 Å². The lowest BCUT2D eigenvalue weighted by Gasteiger charge is -2.19. The summed E-state index contributed by atoms with van der Waals surface area (Å²) >= 11 is 0. The molecule has 0 aliphatic heterocycles. The van der Waals surface area contributed by atoms with Gasteiger partial charge in [0.1, 0.15) is 11.2 Å². The van der Waals surface area contributed by atoms with Gasteiger partial charge in [-0.1, -0.05) is 176 Å². The van der Waals surface area contributed by atoms with E-state index in [0.717, 1.165) is 55.6 Å². The first-order chi connectivity index (χ1) is 27.3. The Hall–Kier alpha value is -7.36. The zero-order valence-corrected chi connectivity index (χ0v) is 29.8. The molecule has 55 heavy (non-hydrogen) atoms. The van der Waals surface area contributed by atoms with Crippen LogP contribution in [0.4, 0.5) is 0 Å². The van der Waals surface area contributed by atoms with Gasteiger partial charge in [0, 0.05) is 27.5 Å². The number of para-hydroxylation sites is 1. The van der Waals surface area contributed by atoms with Crippen LogP contribution >= 0.6 is 0 Å². The standard InChI is InChI=1S/C52H32N2O/c1-3-15-35(16-4-1)49-40-21-10-9-20-39(40)48(43-31-30-33-14-7-8-19-38(33)51(43)49)36-28-26-34(27-29-36)44-32-45(54-52(53-44)37-17-5-2-6-18-37)41-23-13-25-47-50(41)42-22-11-12-24-46(42)55-47/h1-32H. The van der Waals surface area contributed by atoms with Crippen molar-refractivity contribution in [1.82, 2.24) is 9.97 Å². The maximum Gasteiger partial charge on any atom is 0.160 e. The number of benzene rings is 9. The molecule has 0 aliphatic rings. The van der Waals surface area contributed by atoms with Crippen LogP contribution in [0, 0.1) is 0 Å². The Labute approximate surface area is 317 Å². The van der Waals surface area contributed by atoms with Crippen LogP contribution in [-0.4, -0.2) is 9.97 Å². The summed E-state index contributed by atoms with van der Waals surface area (Å²) in [6.07, 6.45) is 0. The summed E-state index contributed by atoms with van der Waals surface area (Å²) < 4.78 is 6.27. The fourth-order valence-corrected chi connectivity index (χ4v) is 8.41. The normalized spacial score (nSPS) is 11.6. The average Bonchev–Trinajstić information content (AvgIpc) is 3.65. The van der Waals surface area contributed by atoms with Gasteiger partial charge in [0.2, 0.25) is 0 Å². The van der Waals surface area contributed by atoms with Gasteiger partial charge in [-0.2, -0.15) is 0 Å². The number of hydrogen-bond donors (Lipinski definition) is 0. The molecule has 0 atom stereocenters. The Morgan fingerprint density at radius 3 is 1.69 bits per heavy atom. The summed E-state index contributed by atoms with van der Waals surface area (Å²) in [6, 6.07) is 68.6. The lowest BCUT2D eigenvalue weighted by molar-refractivity contribution is 0.669. The van der Waals surface area contributed by atoms with Gasteiger partial charge in [-0.15, -0.1) is 0 Å². The summed E-state index contributed by atoms with van der Waals surface area (Å²) in [4.78, 5) is 10.4. The highest BCUT2D eigenvalue weighted by atomic mass is 16.3. The third-order valence-corrected chi connectivity index (χ3v) is 10.9. The molecule has 3 nitrogen and oxygen atoms in total. The molecule has 0 saturated carbocycles. The molecule has 11 rings (SSSR count). The molecule has 0 N–H and O–H groups in total. The van der Waals surface area contributed by atoms with Gasteiger partial charge in [-0.05, 0) is 72.8 Å². The molecule has 0 spiro atoms. The Balaban J connectivity index is 1.12. The summed E-state index contributed by atoms with van der Waals surface area (Å²) in [6.45, 7) is 0. The van der Waals surface area contributed by atoms with E-state index in [-0.39, 0.29) is 0 Å². The van der Waals surface area contributed by atoms with Crippen LogP contribution in [0.25, 0.3) is 110 Å². The van der Waals surface area contributed by atoms with Crippen LogP contribution in [0.15, 0.2) is 199 Å². The molecule has 0 fully saturated rings. The Bertz CT molecular complexity index is 3240. The number of fused-ring (bicyclic) bond motifs is 7. The van der Waals surface area contributed by atoms with Crippen LogP contribution in [0.1, 0.15) is 0 Å². The summed E-state index contributed by atoms with van der Waals surface area (Å²) in [5, 5.41) is 9.60. The fourth-order valence-electron chi connectivity index (χ4n) is 8.41. The molecule has 0 aliphatic carbocycles. The Morgan fingerprint density at radius 1 is 0.327 bits per heavy atom. The van der Waals surface area contributed by atoms with Gasteiger partial charge < -0.3 is 4.42 Å². The van der Waals surface area contributed by atoms with E-state index in [1.165, 1.54) is 49.0 Å². The van der Waals surface area contributed by atoms with Crippen molar-refractivity contribution in [1.29, 1.82) is 0 Å². The molecule has 0 radical (unpaired) electrons. The highest BCUT2D eigenvalue weighted by Crippen LogP contribution is 2.46. The van der Waals surface area contributed by atoms with Crippen LogP contribution < -0.4 is 0 Å². The van der Waals surface area contributed by atoms with E-state index in [1.807, 2.05) is 42.5 Å². The molecule has 0 saturated heterocycles. The minimum atomic E-state index is 0.683. The van der Waals surface area contributed by atoms with E-state index in [4.69, 9.17) is 14.4 Å². The third kappa shape index (κ3) is 5.13. The minimum Gasteiger partial charge on any atom is -0.456 e. The van der Waals surface area contributed by atoms with Crippen molar-refractivity contribution in [2.75, 3.05) is 0 Å². The minimum absolute atomic E-state index is 0.683. The SMILES string of the molecule is c1ccc(-c2nc(-c3ccc(-c4c5ccccc5c(-c5ccccc5)c5c4ccc4ccccc45)cc3)cc(-c3cccc4oc5ccccc5c34)n2)cc1. The first kappa shape index (κ1) is 31.2. The van der Waals surface area contributed by atoms with E-state index in [9.17, 15) is 0 Å². The molecule has 9 aromatic carbocycles. The number of nitrogens with zero attached hydrogens (tertiary/aromatic N) is 2.